The molecular weight excluding hydrogens is 484 g/mol. The monoisotopic (exact) mass is 504 g/mol. The van der Waals surface area contributed by atoms with Crippen LogP contribution in [0.25, 0.3) is 6.08 Å². The molecule has 7 nitrogen and oxygen atoms in total. The molecule has 0 spiro atoms. The van der Waals surface area contributed by atoms with E-state index >= 15 is 0 Å². The number of rotatable bonds is 7. The van der Waals surface area contributed by atoms with E-state index in [4.69, 9.17) is 11.6 Å². The van der Waals surface area contributed by atoms with Crippen LogP contribution < -0.4 is 10.2 Å². The first-order valence-corrected chi connectivity index (χ1v) is 11.9. The number of halogens is 1. The maximum atomic E-state index is 13.2. The van der Waals surface area contributed by atoms with Gasteiger partial charge in [-0.25, -0.2) is 0 Å². The molecule has 2 N–H and O–H groups in total. The quantitative estimate of drug-likeness (QED) is 0.324. The minimum Gasteiger partial charge on any atom is -0.508 e. The molecule has 1 aliphatic heterocycles. The van der Waals surface area contributed by atoms with Gasteiger partial charge in [-0.05, 0) is 60.2 Å². The Morgan fingerprint density at radius 3 is 2.49 bits per heavy atom. The van der Waals surface area contributed by atoms with Crippen molar-refractivity contribution >= 4 is 64.0 Å². The van der Waals surface area contributed by atoms with Crippen molar-refractivity contribution in [3.8, 4) is 5.75 Å². The number of phenolic OH excluding ortho intramolecular Hbond substituents is 1. The van der Waals surface area contributed by atoms with E-state index in [-0.39, 0.29) is 24.0 Å². The van der Waals surface area contributed by atoms with Crippen LogP contribution in [0.2, 0.25) is 5.02 Å². The highest BCUT2D eigenvalue weighted by atomic mass is 35.5. The Labute approximate surface area is 211 Å². The van der Waals surface area contributed by atoms with Crippen molar-refractivity contribution in [3.05, 3.63) is 95.5 Å². The summed E-state index contributed by atoms with van der Waals surface area (Å²) in [5, 5.41) is 20.9. The molecule has 4 rings (SSSR count). The number of carbonyl (C=O) groups excluding carboxylic acids is 2. The molecule has 9 heteroatoms. The summed E-state index contributed by atoms with van der Waals surface area (Å²) in [7, 11) is 0. The highest BCUT2D eigenvalue weighted by molar-refractivity contribution is 8.16. The van der Waals surface area contributed by atoms with Crippen LogP contribution in [0.4, 0.5) is 11.4 Å². The lowest BCUT2D eigenvalue weighted by molar-refractivity contribution is -0.121. The lowest BCUT2D eigenvalue weighted by Crippen LogP contribution is -2.33. The number of hydrogen-bond donors (Lipinski definition) is 2. The minimum absolute atomic E-state index is 0.0443. The fourth-order valence-corrected chi connectivity index (χ4v) is 4.47. The number of allylic oxidation sites excluding steroid dienone is 1. The average Bonchev–Trinajstić information content (AvgIpc) is 3.16. The zero-order valence-electron chi connectivity index (χ0n) is 18.4. The van der Waals surface area contributed by atoms with Crippen molar-refractivity contribution in [3.63, 3.8) is 0 Å². The van der Waals surface area contributed by atoms with Crippen molar-refractivity contribution in [1.82, 2.24) is 0 Å². The summed E-state index contributed by atoms with van der Waals surface area (Å²) in [6.07, 6.45) is 5.12. The SMILES string of the molecule is O=C(CC1S/C(=N/N=C/C=C/c2ccccc2)N(c2ccc(O)cc2)C1=O)Nc1ccc(Cl)cc1. The van der Waals surface area contributed by atoms with Gasteiger partial charge in [-0.3, -0.25) is 14.5 Å². The second kappa shape index (κ2) is 11.5. The van der Waals surface area contributed by atoms with Crippen LogP contribution in [0.5, 0.6) is 5.75 Å². The number of hydrogen-bond acceptors (Lipinski definition) is 6. The summed E-state index contributed by atoms with van der Waals surface area (Å²) in [6, 6.07) is 22.7. The molecule has 1 aliphatic rings. The Hall–Kier alpha value is -3.88. The van der Waals surface area contributed by atoms with Crippen molar-refractivity contribution in [2.45, 2.75) is 11.7 Å². The van der Waals surface area contributed by atoms with Gasteiger partial charge in [0.25, 0.3) is 0 Å². The molecule has 0 bridgehead atoms. The number of phenols is 1. The molecule has 1 fully saturated rings. The molecule has 0 aliphatic carbocycles. The second-order valence-corrected chi connectivity index (χ2v) is 9.08. The smallest absolute Gasteiger partial charge is 0.247 e. The first kappa shape index (κ1) is 24.3. The van der Waals surface area contributed by atoms with Gasteiger partial charge in [0, 0.05) is 23.3 Å². The standard InChI is InChI=1S/C26H21ClN4O3S/c27-19-8-10-20(11-9-19)29-24(33)17-23-25(34)31(21-12-14-22(32)15-13-21)26(35-23)30-28-16-4-7-18-5-2-1-3-6-18/h1-16,23,32H,17H2,(H,29,33)/b7-4+,28-16+,30-26+. The highest BCUT2D eigenvalue weighted by Crippen LogP contribution is 2.34. The highest BCUT2D eigenvalue weighted by Gasteiger charge is 2.40. The van der Waals surface area contributed by atoms with Gasteiger partial charge >= 0.3 is 0 Å². The third-order valence-electron chi connectivity index (χ3n) is 4.93. The van der Waals surface area contributed by atoms with Gasteiger partial charge < -0.3 is 10.4 Å². The summed E-state index contributed by atoms with van der Waals surface area (Å²) in [5.41, 5.74) is 2.14. The Balaban J connectivity index is 1.49. The fraction of sp³-hybridized carbons (Fsp3) is 0.0769. The van der Waals surface area contributed by atoms with Crippen LogP contribution in [-0.4, -0.2) is 33.6 Å². The molecule has 1 saturated heterocycles. The third kappa shape index (κ3) is 6.59. The predicted molar refractivity (Wildman–Crippen MR) is 143 cm³/mol. The molecule has 2 amide bonds. The van der Waals surface area contributed by atoms with E-state index in [0.29, 0.717) is 21.6 Å². The van der Waals surface area contributed by atoms with E-state index in [9.17, 15) is 14.7 Å². The first-order chi connectivity index (χ1) is 17.0. The summed E-state index contributed by atoms with van der Waals surface area (Å²) < 4.78 is 0. The normalized spacial score (nSPS) is 17.1. The van der Waals surface area contributed by atoms with E-state index in [1.807, 2.05) is 36.4 Å². The summed E-state index contributed by atoms with van der Waals surface area (Å²) in [4.78, 5) is 27.2. The molecule has 0 aromatic heterocycles. The predicted octanol–water partition coefficient (Wildman–Crippen LogP) is 5.58. The van der Waals surface area contributed by atoms with Gasteiger partial charge in [0.15, 0.2) is 5.17 Å². The number of benzene rings is 3. The van der Waals surface area contributed by atoms with Crippen LogP contribution in [0.15, 0.2) is 95.1 Å². The Morgan fingerprint density at radius 1 is 1.06 bits per heavy atom. The van der Waals surface area contributed by atoms with Gasteiger partial charge in [0.2, 0.25) is 11.8 Å². The van der Waals surface area contributed by atoms with Crippen LogP contribution in [0.3, 0.4) is 0 Å². The Kier molecular flexibility index (Phi) is 7.97. The number of nitrogens with zero attached hydrogens (tertiary/aromatic N) is 3. The topological polar surface area (TPSA) is 94.4 Å². The van der Waals surface area contributed by atoms with Gasteiger partial charge in [0.05, 0.1) is 5.69 Å². The number of carbonyl (C=O) groups is 2. The van der Waals surface area contributed by atoms with Gasteiger partial charge in [-0.2, -0.15) is 5.10 Å². The van der Waals surface area contributed by atoms with Gasteiger partial charge in [0.1, 0.15) is 11.0 Å². The number of amidine groups is 1. The lowest BCUT2D eigenvalue weighted by atomic mass is 10.2. The van der Waals surface area contributed by atoms with Crippen molar-refractivity contribution in [2.24, 2.45) is 10.2 Å². The summed E-state index contributed by atoms with van der Waals surface area (Å²) in [6.45, 7) is 0. The Morgan fingerprint density at radius 2 is 1.77 bits per heavy atom. The zero-order valence-corrected chi connectivity index (χ0v) is 20.0. The Bertz CT molecular complexity index is 1280. The van der Waals surface area contributed by atoms with Crippen LogP contribution in [0.1, 0.15) is 12.0 Å². The molecule has 1 heterocycles. The van der Waals surface area contributed by atoms with Crippen molar-refractivity contribution in [2.75, 3.05) is 10.2 Å². The first-order valence-electron chi connectivity index (χ1n) is 10.7. The summed E-state index contributed by atoms with van der Waals surface area (Å²) >= 11 is 7.05. The molecular formula is C26H21ClN4O3S. The fourth-order valence-electron chi connectivity index (χ4n) is 3.26. The number of thioether (sulfide) groups is 1. The zero-order chi connectivity index (χ0) is 24.6. The average molecular weight is 505 g/mol. The lowest BCUT2D eigenvalue weighted by Gasteiger charge is -2.15. The molecule has 1 unspecified atom stereocenters. The van der Waals surface area contributed by atoms with Gasteiger partial charge in [-0.15, -0.1) is 5.10 Å². The van der Waals surface area contributed by atoms with E-state index in [0.717, 1.165) is 5.56 Å². The van der Waals surface area contributed by atoms with Crippen LogP contribution >= 0.6 is 23.4 Å². The molecule has 3 aromatic carbocycles. The molecule has 1 atom stereocenters. The van der Waals surface area contributed by atoms with Crippen molar-refractivity contribution < 1.29 is 14.7 Å². The maximum absolute atomic E-state index is 13.2. The van der Waals surface area contributed by atoms with E-state index in [1.54, 1.807) is 42.5 Å². The minimum atomic E-state index is -0.676. The molecule has 0 saturated carbocycles. The summed E-state index contributed by atoms with van der Waals surface area (Å²) in [5.74, 6) is -0.519. The largest absolute Gasteiger partial charge is 0.508 e. The van der Waals surface area contributed by atoms with Crippen LogP contribution in [0, 0.1) is 0 Å². The van der Waals surface area contributed by atoms with Crippen LogP contribution in [-0.2, 0) is 9.59 Å². The molecule has 176 valence electrons. The van der Waals surface area contributed by atoms with E-state index < -0.39 is 5.25 Å². The van der Waals surface area contributed by atoms with E-state index in [1.165, 1.54) is 35.0 Å². The molecule has 3 aromatic rings. The van der Waals surface area contributed by atoms with E-state index in [2.05, 4.69) is 15.5 Å². The number of nitrogens with one attached hydrogen (secondary N) is 1. The third-order valence-corrected chi connectivity index (χ3v) is 6.31. The maximum Gasteiger partial charge on any atom is 0.247 e. The number of amides is 2. The second-order valence-electron chi connectivity index (χ2n) is 7.47. The molecule has 0 radical (unpaired) electrons. The molecule has 35 heavy (non-hydrogen) atoms. The number of aromatic hydroxyl groups is 1. The van der Waals surface area contributed by atoms with Crippen molar-refractivity contribution in [1.29, 1.82) is 0 Å². The van der Waals surface area contributed by atoms with Gasteiger partial charge in [-0.1, -0.05) is 59.8 Å². The number of anilines is 2.